The molecule has 0 aliphatic carbocycles. The summed E-state index contributed by atoms with van der Waals surface area (Å²) in [4.78, 5) is 24.6. The topological polar surface area (TPSA) is 116 Å². The number of hydrogen-bond donors (Lipinski definition) is 2. The maximum atomic E-state index is 12.9. The van der Waals surface area contributed by atoms with Gasteiger partial charge >= 0.3 is 12.3 Å². The molecular weight excluding hydrogens is 431 g/mol. The van der Waals surface area contributed by atoms with Crippen molar-refractivity contribution >= 4 is 21.9 Å². The van der Waals surface area contributed by atoms with Gasteiger partial charge in [-0.15, -0.1) is 13.2 Å². The monoisotopic (exact) mass is 451 g/mol. The summed E-state index contributed by atoms with van der Waals surface area (Å²) in [5.41, 5.74) is 0. The molecule has 2 aliphatic rings. The number of piperidine rings is 1. The van der Waals surface area contributed by atoms with Crippen molar-refractivity contribution in [3.05, 3.63) is 24.3 Å². The number of aliphatic carboxylic acids is 1. The van der Waals surface area contributed by atoms with Gasteiger partial charge in [-0.25, -0.2) is 8.42 Å². The normalized spacial score (nSPS) is 24.3. The van der Waals surface area contributed by atoms with Crippen LogP contribution in [0.4, 0.5) is 13.2 Å². The van der Waals surface area contributed by atoms with Crippen molar-refractivity contribution in [1.29, 1.82) is 0 Å². The van der Waals surface area contributed by atoms with E-state index in [1.807, 2.05) is 4.90 Å². The Labute approximate surface area is 170 Å². The molecule has 9 nitrogen and oxygen atoms in total. The molecule has 0 saturated carbocycles. The minimum absolute atomic E-state index is 0.0651. The highest BCUT2D eigenvalue weighted by Gasteiger charge is 2.42. The fraction of sp³-hybridized carbons (Fsp3) is 0.529. The number of halogens is 3. The van der Waals surface area contributed by atoms with Crippen LogP contribution in [-0.2, 0) is 19.6 Å². The second-order valence-electron chi connectivity index (χ2n) is 6.98. The van der Waals surface area contributed by atoms with E-state index in [0.717, 1.165) is 28.6 Å². The van der Waals surface area contributed by atoms with E-state index in [4.69, 9.17) is 0 Å². The molecule has 2 atom stereocenters. The Bertz CT molecular complexity index is 896. The number of alkyl halides is 3. The van der Waals surface area contributed by atoms with Crippen molar-refractivity contribution in [3.63, 3.8) is 0 Å². The number of rotatable bonds is 5. The molecule has 13 heteroatoms. The summed E-state index contributed by atoms with van der Waals surface area (Å²) in [5, 5.41) is 12.3. The number of ether oxygens (including phenoxy) is 1. The van der Waals surface area contributed by atoms with Crippen LogP contribution in [0.1, 0.15) is 12.8 Å². The highest BCUT2D eigenvalue weighted by molar-refractivity contribution is 7.89. The third kappa shape index (κ3) is 5.02. The summed E-state index contributed by atoms with van der Waals surface area (Å²) < 4.78 is 67.3. The van der Waals surface area contributed by atoms with Gasteiger partial charge < -0.3 is 15.2 Å². The van der Waals surface area contributed by atoms with Gasteiger partial charge in [0.15, 0.2) is 0 Å². The third-order valence-electron chi connectivity index (χ3n) is 5.07. The highest BCUT2D eigenvalue weighted by atomic mass is 32.2. The van der Waals surface area contributed by atoms with Crippen LogP contribution in [0.5, 0.6) is 5.75 Å². The first kappa shape index (κ1) is 22.3. The van der Waals surface area contributed by atoms with E-state index in [2.05, 4.69) is 10.1 Å². The van der Waals surface area contributed by atoms with Gasteiger partial charge in [0.2, 0.25) is 15.9 Å². The Balaban J connectivity index is 1.76. The second kappa shape index (κ2) is 8.40. The van der Waals surface area contributed by atoms with Gasteiger partial charge in [-0.2, -0.15) is 4.31 Å². The lowest BCUT2D eigenvalue weighted by atomic mass is 10.0. The van der Waals surface area contributed by atoms with Crippen LogP contribution in [0.3, 0.4) is 0 Å². The van der Waals surface area contributed by atoms with Crippen LogP contribution in [0, 0.1) is 0 Å². The molecule has 0 spiro atoms. The van der Waals surface area contributed by atoms with E-state index in [0.29, 0.717) is 19.4 Å². The smallest absolute Gasteiger partial charge is 0.480 e. The molecule has 166 valence electrons. The van der Waals surface area contributed by atoms with E-state index < -0.39 is 34.1 Å². The number of carbonyl (C=O) groups is 2. The van der Waals surface area contributed by atoms with Crippen LogP contribution < -0.4 is 10.1 Å². The molecule has 2 N–H and O–H groups in total. The standard InChI is InChI=1S/C17H20F3N3O6S/c18-17(19,20)29-12-2-4-13(5-3-12)30(27,28)23-8-7-22(10-14(23)16(25)26)11-1-6-15(24)21-9-11/h2-5,11,14H,1,6-10H2,(H,21,24)(H,25,26)/t11?,14-/m1/s1. The van der Waals surface area contributed by atoms with Crippen molar-refractivity contribution in [2.45, 2.75) is 36.2 Å². The molecule has 30 heavy (non-hydrogen) atoms. The van der Waals surface area contributed by atoms with Crippen molar-refractivity contribution in [2.24, 2.45) is 0 Å². The van der Waals surface area contributed by atoms with Crippen LogP contribution in [0.2, 0.25) is 0 Å². The highest BCUT2D eigenvalue weighted by Crippen LogP contribution is 2.27. The number of benzene rings is 1. The molecule has 1 aromatic carbocycles. The summed E-state index contributed by atoms with van der Waals surface area (Å²) in [5.74, 6) is -2.00. The molecule has 1 aromatic rings. The molecule has 1 unspecified atom stereocenters. The predicted molar refractivity (Wildman–Crippen MR) is 96.0 cm³/mol. The van der Waals surface area contributed by atoms with Crippen molar-refractivity contribution in [3.8, 4) is 5.75 Å². The van der Waals surface area contributed by atoms with Gasteiger partial charge in [0.1, 0.15) is 11.8 Å². The van der Waals surface area contributed by atoms with Gasteiger partial charge in [-0.1, -0.05) is 0 Å². The number of hydrogen-bond acceptors (Lipinski definition) is 6. The van der Waals surface area contributed by atoms with Gasteiger partial charge in [-0.3, -0.25) is 14.5 Å². The first-order chi connectivity index (χ1) is 14.0. The van der Waals surface area contributed by atoms with Crippen molar-refractivity contribution in [1.82, 2.24) is 14.5 Å². The Morgan fingerprint density at radius 1 is 1.20 bits per heavy atom. The molecule has 3 rings (SSSR count). The number of carbonyl (C=O) groups excluding carboxylic acids is 1. The Morgan fingerprint density at radius 3 is 2.40 bits per heavy atom. The summed E-state index contributed by atoms with van der Waals surface area (Å²) >= 11 is 0. The van der Waals surface area contributed by atoms with Crippen LogP contribution in [0.15, 0.2) is 29.2 Å². The number of sulfonamides is 1. The number of piperazine rings is 1. The van der Waals surface area contributed by atoms with Crippen LogP contribution in [0.25, 0.3) is 0 Å². The number of nitrogens with zero attached hydrogens (tertiary/aromatic N) is 2. The zero-order valence-electron chi connectivity index (χ0n) is 15.6. The predicted octanol–water partition coefficient (Wildman–Crippen LogP) is 0.623. The number of nitrogens with one attached hydrogen (secondary N) is 1. The first-order valence-electron chi connectivity index (χ1n) is 9.08. The van der Waals surface area contributed by atoms with E-state index in [9.17, 15) is 36.3 Å². The number of amides is 1. The van der Waals surface area contributed by atoms with Crippen LogP contribution >= 0.6 is 0 Å². The maximum absolute atomic E-state index is 12.9. The fourth-order valence-electron chi connectivity index (χ4n) is 3.59. The minimum atomic E-state index is -4.91. The molecule has 2 saturated heterocycles. The third-order valence-corrected chi connectivity index (χ3v) is 6.99. The molecular formula is C17H20F3N3O6S. The molecule has 0 radical (unpaired) electrons. The Hall–Kier alpha value is -2.38. The molecule has 2 fully saturated rings. The molecule has 1 amide bonds. The molecule has 2 aliphatic heterocycles. The van der Waals surface area contributed by atoms with Gasteiger partial charge in [0.05, 0.1) is 4.90 Å². The summed E-state index contributed by atoms with van der Waals surface area (Å²) in [7, 11) is -4.26. The van der Waals surface area contributed by atoms with E-state index in [-0.39, 0.29) is 36.5 Å². The number of carboxylic acid groups (broad SMARTS) is 1. The second-order valence-corrected chi connectivity index (χ2v) is 8.87. The first-order valence-corrected chi connectivity index (χ1v) is 10.5. The zero-order valence-corrected chi connectivity index (χ0v) is 16.4. The van der Waals surface area contributed by atoms with Crippen molar-refractivity contribution in [2.75, 3.05) is 26.2 Å². The lowest BCUT2D eigenvalue weighted by Gasteiger charge is -2.43. The summed E-state index contributed by atoms with van der Waals surface area (Å²) in [6.45, 7) is 0.451. The quantitative estimate of drug-likeness (QED) is 0.674. The van der Waals surface area contributed by atoms with Gasteiger partial charge in [-0.05, 0) is 30.7 Å². The average molecular weight is 451 g/mol. The minimum Gasteiger partial charge on any atom is -0.480 e. The van der Waals surface area contributed by atoms with Crippen molar-refractivity contribution < 1.29 is 41.0 Å². The van der Waals surface area contributed by atoms with Gasteiger partial charge in [0, 0.05) is 38.6 Å². The Morgan fingerprint density at radius 2 is 1.87 bits per heavy atom. The lowest BCUT2D eigenvalue weighted by Crippen LogP contribution is -2.62. The number of carboxylic acids is 1. The molecule has 0 bridgehead atoms. The molecule has 0 aromatic heterocycles. The maximum Gasteiger partial charge on any atom is 0.573 e. The Kier molecular flexibility index (Phi) is 6.24. The van der Waals surface area contributed by atoms with E-state index in [1.165, 1.54) is 0 Å². The van der Waals surface area contributed by atoms with Crippen LogP contribution in [-0.4, -0.2) is 79.2 Å². The van der Waals surface area contributed by atoms with E-state index >= 15 is 0 Å². The largest absolute Gasteiger partial charge is 0.573 e. The zero-order chi connectivity index (χ0) is 22.1. The van der Waals surface area contributed by atoms with E-state index in [1.54, 1.807) is 0 Å². The average Bonchev–Trinajstić information content (AvgIpc) is 2.67. The lowest BCUT2D eigenvalue weighted by molar-refractivity contribution is -0.274. The fourth-order valence-corrected chi connectivity index (χ4v) is 5.15. The SMILES string of the molecule is O=C1CCC(N2CCN(S(=O)(=O)c3ccc(OC(F)(F)F)cc3)[C@@H](C(=O)O)C2)CN1. The van der Waals surface area contributed by atoms with Gasteiger partial charge in [0.25, 0.3) is 0 Å². The summed E-state index contributed by atoms with van der Waals surface area (Å²) in [6.07, 6.45) is -4.05. The molecule has 2 heterocycles. The summed E-state index contributed by atoms with van der Waals surface area (Å²) in [6, 6.07) is 2.14.